The maximum Gasteiger partial charge on any atom is 0.229 e. The van der Waals surface area contributed by atoms with Crippen molar-refractivity contribution in [2.75, 3.05) is 11.0 Å². The average Bonchev–Trinajstić information content (AvgIpc) is 2.53. The van der Waals surface area contributed by atoms with Crippen molar-refractivity contribution in [3.63, 3.8) is 0 Å². The SMILES string of the molecule is C[C@H](NC(=S)NCc1ccc(NS(C)(=O)=O)cc1)c1ccccc1. The van der Waals surface area contributed by atoms with Gasteiger partial charge < -0.3 is 10.6 Å². The number of rotatable bonds is 6. The molecule has 0 heterocycles. The fourth-order valence-corrected chi connectivity index (χ4v) is 2.97. The van der Waals surface area contributed by atoms with Crippen molar-refractivity contribution in [1.29, 1.82) is 0 Å². The van der Waals surface area contributed by atoms with E-state index in [1.165, 1.54) is 0 Å². The summed E-state index contributed by atoms with van der Waals surface area (Å²) in [7, 11) is -3.25. The summed E-state index contributed by atoms with van der Waals surface area (Å²) >= 11 is 5.31. The molecule has 0 saturated carbocycles. The lowest BCUT2D eigenvalue weighted by atomic mass is 10.1. The number of anilines is 1. The van der Waals surface area contributed by atoms with Crippen LogP contribution in [0.3, 0.4) is 0 Å². The van der Waals surface area contributed by atoms with Gasteiger partial charge in [0.05, 0.1) is 12.3 Å². The molecule has 24 heavy (non-hydrogen) atoms. The summed E-state index contributed by atoms with van der Waals surface area (Å²) in [6.07, 6.45) is 1.13. The quantitative estimate of drug-likeness (QED) is 0.689. The van der Waals surface area contributed by atoms with Crippen molar-refractivity contribution in [1.82, 2.24) is 10.6 Å². The minimum atomic E-state index is -3.25. The van der Waals surface area contributed by atoms with Gasteiger partial charge in [-0.15, -0.1) is 0 Å². The van der Waals surface area contributed by atoms with Crippen LogP contribution in [-0.4, -0.2) is 19.8 Å². The second-order valence-corrected chi connectivity index (χ2v) is 7.69. The molecule has 7 heteroatoms. The maximum atomic E-state index is 11.2. The zero-order chi connectivity index (χ0) is 17.6. The van der Waals surface area contributed by atoms with Crippen molar-refractivity contribution in [2.24, 2.45) is 0 Å². The lowest BCUT2D eigenvalue weighted by Crippen LogP contribution is -2.36. The Morgan fingerprint density at radius 2 is 1.71 bits per heavy atom. The first kappa shape index (κ1) is 18.2. The third-order valence-corrected chi connectivity index (χ3v) is 4.23. The molecule has 3 N–H and O–H groups in total. The summed E-state index contributed by atoms with van der Waals surface area (Å²) in [6.45, 7) is 2.61. The molecule has 2 rings (SSSR count). The van der Waals surface area contributed by atoms with Gasteiger partial charge in [0.1, 0.15) is 0 Å². The molecule has 0 aliphatic carbocycles. The molecule has 5 nitrogen and oxygen atoms in total. The van der Waals surface area contributed by atoms with Crippen molar-refractivity contribution in [3.05, 3.63) is 65.7 Å². The van der Waals surface area contributed by atoms with Crippen LogP contribution < -0.4 is 15.4 Å². The van der Waals surface area contributed by atoms with Crippen molar-refractivity contribution >= 4 is 33.0 Å². The van der Waals surface area contributed by atoms with E-state index >= 15 is 0 Å². The van der Waals surface area contributed by atoms with E-state index in [4.69, 9.17) is 12.2 Å². The number of sulfonamides is 1. The highest BCUT2D eigenvalue weighted by Crippen LogP contribution is 2.12. The van der Waals surface area contributed by atoms with E-state index in [9.17, 15) is 8.42 Å². The Morgan fingerprint density at radius 3 is 2.29 bits per heavy atom. The molecule has 0 radical (unpaired) electrons. The number of nitrogens with one attached hydrogen (secondary N) is 3. The van der Waals surface area contributed by atoms with Crippen molar-refractivity contribution < 1.29 is 8.42 Å². The van der Waals surface area contributed by atoms with Gasteiger partial charge in [0.25, 0.3) is 0 Å². The van der Waals surface area contributed by atoms with Gasteiger partial charge in [-0.1, -0.05) is 42.5 Å². The highest BCUT2D eigenvalue weighted by Gasteiger charge is 2.06. The van der Waals surface area contributed by atoms with Crippen LogP contribution in [0.4, 0.5) is 5.69 Å². The first-order valence-electron chi connectivity index (χ1n) is 7.49. The van der Waals surface area contributed by atoms with Crippen molar-refractivity contribution in [3.8, 4) is 0 Å². The van der Waals surface area contributed by atoms with Crippen LogP contribution in [0, 0.1) is 0 Å². The topological polar surface area (TPSA) is 70.2 Å². The third-order valence-electron chi connectivity index (χ3n) is 3.36. The first-order chi connectivity index (χ1) is 11.3. The molecular formula is C17H21N3O2S2. The summed E-state index contributed by atoms with van der Waals surface area (Å²) in [5, 5.41) is 6.96. The molecule has 0 aromatic heterocycles. The molecular weight excluding hydrogens is 342 g/mol. The maximum absolute atomic E-state index is 11.2. The zero-order valence-electron chi connectivity index (χ0n) is 13.6. The van der Waals surface area contributed by atoms with Gasteiger partial charge in [-0.25, -0.2) is 8.42 Å². The Morgan fingerprint density at radius 1 is 1.08 bits per heavy atom. The lowest BCUT2D eigenvalue weighted by Gasteiger charge is -2.17. The van der Waals surface area contributed by atoms with E-state index in [-0.39, 0.29) is 6.04 Å². The monoisotopic (exact) mass is 363 g/mol. The van der Waals surface area contributed by atoms with Crippen LogP contribution in [0.1, 0.15) is 24.1 Å². The van der Waals surface area contributed by atoms with E-state index in [2.05, 4.69) is 22.3 Å². The number of hydrogen-bond acceptors (Lipinski definition) is 3. The van der Waals surface area contributed by atoms with Crippen LogP contribution in [0.15, 0.2) is 54.6 Å². The molecule has 0 spiro atoms. The fraction of sp³-hybridized carbons (Fsp3) is 0.235. The molecule has 0 aliphatic heterocycles. The molecule has 0 unspecified atom stereocenters. The van der Waals surface area contributed by atoms with E-state index in [0.717, 1.165) is 17.4 Å². The summed E-state index contributed by atoms with van der Waals surface area (Å²) in [5.74, 6) is 0. The molecule has 0 amide bonds. The minimum Gasteiger partial charge on any atom is -0.359 e. The van der Waals surface area contributed by atoms with Gasteiger partial charge >= 0.3 is 0 Å². The van der Waals surface area contributed by atoms with E-state index in [0.29, 0.717) is 17.3 Å². The molecule has 1 atom stereocenters. The van der Waals surface area contributed by atoms with Gasteiger partial charge in [0, 0.05) is 12.2 Å². The van der Waals surface area contributed by atoms with Crippen LogP contribution >= 0.6 is 12.2 Å². The van der Waals surface area contributed by atoms with E-state index < -0.39 is 10.0 Å². The van der Waals surface area contributed by atoms with Crippen LogP contribution in [0.2, 0.25) is 0 Å². The molecule has 128 valence electrons. The second-order valence-electron chi connectivity index (χ2n) is 5.53. The average molecular weight is 364 g/mol. The molecule has 2 aromatic rings. The van der Waals surface area contributed by atoms with E-state index in [1.807, 2.05) is 42.5 Å². The highest BCUT2D eigenvalue weighted by molar-refractivity contribution is 7.92. The molecule has 0 saturated heterocycles. The zero-order valence-corrected chi connectivity index (χ0v) is 15.2. The standard InChI is InChI=1S/C17H21N3O2S2/c1-13(15-6-4-3-5-7-15)19-17(23)18-12-14-8-10-16(11-9-14)20-24(2,21)22/h3-11,13,20H,12H2,1-2H3,(H2,18,19,23)/t13-/m0/s1. The van der Waals surface area contributed by atoms with Gasteiger partial charge in [-0.05, 0) is 42.4 Å². The molecule has 0 bridgehead atoms. The largest absolute Gasteiger partial charge is 0.359 e. The Kier molecular flexibility index (Phi) is 6.16. The van der Waals surface area contributed by atoms with Gasteiger partial charge in [-0.2, -0.15) is 0 Å². The Hall–Kier alpha value is -2.12. The van der Waals surface area contributed by atoms with Gasteiger partial charge in [-0.3, -0.25) is 4.72 Å². The first-order valence-corrected chi connectivity index (χ1v) is 9.79. The predicted molar refractivity (Wildman–Crippen MR) is 102 cm³/mol. The summed E-state index contributed by atoms with van der Waals surface area (Å²) < 4.78 is 24.8. The van der Waals surface area contributed by atoms with Crippen molar-refractivity contribution in [2.45, 2.75) is 19.5 Å². The highest BCUT2D eigenvalue weighted by atomic mass is 32.2. The Bertz CT molecular complexity index is 775. The number of benzene rings is 2. The predicted octanol–water partition coefficient (Wildman–Crippen LogP) is 2.78. The molecule has 0 fully saturated rings. The van der Waals surface area contributed by atoms with Gasteiger partial charge in [0.15, 0.2) is 5.11 Å². The van der Waals surface area contributed by atoms with Crippen LogP contribution in [0.25, 0.3) is 0 Å². The summed E-state index contributed by atoms with van der Waals surface area (Å²) in [5.41, 5.74) is 2.71. The second kappa shape index (κ2) is 8.12. The normalized spacial score (nSPS) is 12.2. The Labute approximate surface area is 148 Å². The molecule has 2 aromatic carbocycles. The van der Waals surface area contributed by atoms with Gasteiger partial charge in [0.2, 0.25) is 10.0 Å². The third kappa shape index (κ3) is 6.17. The summed E-state index contributed by atoms with van der Waals surface area (Å²) in [6, 6.07) is 17.3. The fourth-order valence-electron chi connectivity index (χ4n) is 2.16. The molecule has 0 aliphatic rings. The number of hydrogen-bond donors (Lipinski definition) is 3. The number of thiocarbonyl (C=S) groups is 1. The minimum absolute atomic E-state index is 0.118. The van der Waals surface area contributed by atoms with E-state index in [1.54, 1.807) is 12.1 Å². The Balaban J connectivity index is 1.83. The van der Waals surface area contributed by atoms with Crippen LogP contribution in [-0.2, 0) is 16.6 Å². The lowest BCUT2D eigenvalue weighted by molar-refractivity contribution is 0.607. The summed E-state index contributed by atoms with van der Waals surface area (Å²) in [4.78, 5) is 0. The smallest absolute Gasteiger partial charge is 0.229 e. The van der Waals surface area contributed by atoms with Crippen LogP contribution in [0.5, 0.6) is 0 Å².